The molecule has 2 aromatic rings. The third-order valence-electron chi connectivity index (χ3n) is 4.59. The van der Waals surface area contributed by atoms with Crippen LogP contribution in [0, 0.1) is 6.92 Å². The van der Waals surface area contributed by atoms with Crippen LogP contribution in [0.5, 0.6) is 0 Å². The lowest BCUT2D eigenvalue weighted by Gasteiger charge is -2.36. The van der Waals surface area contributed by atoms with Gasteiger partial charge in [0.15, 0.2) is 0 Å². The molecule has 5 heteroatoms. The Bertz CT molecular complexity index is 716. The van der Waals surface area contributed by atoms with Gasteiger partial charge in [0, 0.05) is 51.0 Å². The minimum absolute atomic E-state index is 0.0484. The number of piperazine rings is 1. The predicted molar refractivity (Wildman–Crippen MR) is 94.8 cm³/mol. The summed E-state index contributed by atoms with van der Waals surface area (Å²) in [7, 11) is 1.66. The fourth-order valence-corrected chi connectivity index (χ4v) is 3.17. The molecular formula is C19H24N4O. The molecule has 1 atom stereocenters. The second-order valence-corrected chi connectivity index (χ2v) is 6.16. The fourth-order valence-electron chi connectivity index (χ4n) is 3.17. The lowest BCUT2D eigenvalue weighted by Crippen LogP contribution is -2.45. The average Bonchev–Trinajstić information content (AvgIpc) is 2.63. The van der Waals surface area contributed by atoms with E-state index in [0.717, 1.165) is 37.4 Å². The monoisotopic (exact) mass is 324 g/mol. The van der Waals surface area contributed by atoms with Gasteiger partial charge in [-0.25, -0.2) is 0 Å². The van der Waals surface area contributed by atoms with Crippen LogP contribution in [0.15, 0.2) is 42.6 Å². The van der Waals surface area contributed by atoms with Crippen LogP contribution in [0.1, 0.15) is 33.2 Å². The molecular weight excluding hydrogens is 300 g/mol. The molecule has 0 saturated carbocycles. The van der Waals surface area contributed by atoms with E-state index in [4.69, 9.17) is 0 Å². The summed E-state index contributed by atoms with van der Waals surface area (Å²) in [6, 6.07) is 12.2. The van der Waals surface area contributed by atoms with E-state index in [1.807, 2.05) is 30.5 Å². The van der Waals surface area contributed by atoms with Crippen LogP contribution in [0.2, 0.25) is 0 Å². The maximum absolute atomic E-state index is 11.9. The number of rotatable bonds is 4. The Labute approximate surface area is 143 Å². The molecule has 1 saturated heterocycles. The van der Waals surface area contributed by atoms with E-state index in [1.165, 1.54) is 5.56 Å². The quantitative estimate of drug-likeness (QED) is 0.902. The number of hydrogen-bond donors (Lipinski definition) is 2. The van der Waals surface area contributed by atoms with Gasteiger partial charge >= 0.3 is 0 Å². The van der Waals surface area contributed by atoms with Crippen LogP contribution in [-0.4, -0.2) is 42.5 Å². The maximum Gasteiger partial charge on any atom is 0.251 e. The van der Waals surface area contributed by atoms with Crippen molar-refractivity contribution in [3.05, 3.63) is 65.0 Å². The summed E-state index contributed by atoms with van der Waals surface area (Å²) in [5.41, 5.74) is 4.20. The van der Waals surface area contributed by atoms with Gasteiger partial charge in [-0.3, -0.25) is 14.7 Å². The third kappa shape index (κ3) is 3.63. The highest BCUT2D eigenvalue weighted by molar-refractivity contribution is 5.94. The van der Waals surface area contributed by atoms with Crippen LogP contribution in [0.3, 0.4) is 0 Å². The third-order valence-corrected chi connectivity index (χ3v) is 4.59. The molecule has 126 valence electrons. The molecule has 0 radical (unpaired) electrons. The molecule has 2 heterocycles. The van der Waals surface area contributed by atoms with Gasteiger partial charge in [0.1, 0.15) is 0 Å². The van der Waals surface area contributed by atoms with E-state index >= 15 is 0 Å². The van der Waals surface area contributed by atoms with E-state index in [1.54, 1.807) is 7.05 Å². The number of nitrogens with one attached hydrogen (secondary N) is 2. The fraction of sp³-hybridized carbons (Fsp3) is 0.368. The number of benzene rings is 1. The van der Waals surface area contributed by atoms with E-state index < -0.39 is 0 Å². The first-order chi connectivity index (χ1) is 11.7. The molecule has 1 aromatic carbocycles. The SMILES string of the molecule is CNC(=O)c1cccc(C2CNCCN2Cc2ncccc2C)c1. The van der Waals surface area contributed by atoms with Crippen molar-refractivity contribution >= 4 is 5.91 Å². The van der Waals surface area contributed by atoms with Crippen molar-refractivity contribution in [2.45, 2.75) is 19.5 Å². The summed E-state index contributed by atoms with van der Waals surface area (Å²) < 4.78 is 0. The van der Waals surface area contributed by atoms with Gasteiger partial charge in [-0.1, -0.05) is 18.2 Å². The van der Waals surface area contributed by atoms with E-state index in [2.05, 4.69) is 39.6 Å². The molecule has 1 aliphatic heterocycles. The van der Waals surface area contributed by atoms with Gasteiger partial charge in [0.2, 0.25) is 0 Å². The van der Waals surface area contributed by atoms with E-state index in [0.29, 0.717) is 5.56 Å². The largest absolute Gasteiger partial charge is 0.355 e. The minimum Gasteiger partial charge on any atom is -0.355 e. The van der Waals surface area contributed by atoms with Gasteiger partial charge < -0.3 is 10.6 Å². The number of aromatic nitrogens is 1. The molecule has 0 spiro atoms. The van der Waals surface area contributed by atoms with E-state index in [-0.39, 0.29) is 11.9 Å². The Hall–Kier alpha value is -2.24. The summed E-state index contributed by atoms with van der Waals surface area (Å²) in [5, 5.41) is 6.16. The molecule has 1 aliphatic rings. The summed E-state index contributed by atoms with van der Waals surface area (Å²) in [5.74, 6) is -0.0484. The maximum atomic E-state index is 11.9. The molecule has 0 aliphatic carbocycles. The molecule has 24 heavy (non-hydrogen) atoms. The van der Waals surface area contributed by atoms with Crippen molar-refractivity contribution in [3.63, 3.8) is 0 Å². The summed E-state index contributed by atoms with van der Waals surface area (Å²) >= 11 is 0. The number of pyridine rings is 1. The summed E-state index contributed by atoms with van der Waals surface area (Å²) in [6.45, 7) is 5.74. The summed E-state index contributed by atoms with van der Waals surface area (Å²) in [4.78, 5) is 18.9. The molecule has 1 unspecified atom stereocenters. The number of hydrogen-bond acceptors (Lipinski definition) is 4. The van der Waals surface area contributed by atoms with Gasteiger partial charge in [-0.05, 0) is 36.2 Å². The number of amides is 1. The first kappa shape index (κ1) is 16.6. The number of carbonyl (C=O) groups is 1. The van der Waals surface area contributed by atoms with Gasteiger partial charge in [-0.2, -0.15) is 0 Å². The van der Waals surface area contributed by atoms with Crippen LogP contribution < -0.4 is 10.6 Å². The average molecular weight is 324 g/mol. The zero-order chi connectivity index (χ0) is 16.9. The van der Waals surface area contributed by atoms with Crippen LogP contribution in [0.25, 0.3) is 0 Å². The highest BCUT2D eigenvalue weighted by Crippen LogP contribution is 2.25. The van der Waals surface area contributed by atoms with Crippen molar-refractivity contribution in [1.29, 1.82) is 0 Å². The zero-order valence-electron chi connectivity index (χ0n) is 14.2. The Morgan fingerprint density at radius 2 is 2.25 bits per heavy atom. The first-order valence-electron chi connectivity index (χ1n) is 8.36. The van der Waals surface area contributed by atoms with Gasteiger partial charge in [0.25, 0.3) is 5.91 Å². The lowest BCUT2D eigenvalue weighted by atomic mass is 10.00. The van der Waals surface area contributed by atoms with Crippen molar-refractivity contribution in [2.24, 2.45) is 0 Å². The Balaban J connectivity index is 1.85. The second kappa shape index (κ2) is 7.55. The van der Waals surface area contributed by atoms with Crippen molar-refractivity contribution < 1.29 is 4.79 Å². The van der Waals surface area contributed by atoms with Crippen molar-refractivity contribution in [2.75, 3.05) is 26.7 Å². The molecule has 0 bridgehead atoms. The molecule has 1 amide bonds. The summed E-state index contributed by atoms with van der Waals surface area (Å²) in [6.07, 6.45) is 1.85. The van der Waals surface area contributed by atoms with Gasteiger partial charge in [-0.15, -0.1) is 0 Å². The highest BCUT2D eigenvalue weighted by atomic mass is 16.1. The van der Waals surface area contributed by atoms with Crippen LogP contribution in [0.4, 0.5) is 0 Å². The Morgan fingerprint density at radius 3 is 3.04 bits per heavy atom. The second-order valence-electron chi connectivity index (χ2n) is 6.16. The van der Waals surface area contributed by atoms with Gasteiger partial charge in [0.05, 0.1) is 5.69 Å². The predicted octanol–water partition coefficient (Wildman–Crippen LogP) is 1.90. The number of nitrogens with zero attached hydrogens (tertiary/aromatic N) is 2. The van der Waals surface area contributed by atoms with Crippen molar-refractivity contribution in [3.8, 4) is 0 Å². The molecule has 3 rings (SSSR count). The molecule has 1 aromatic heterocycles. The zero-order valence-corrected chi connectivity index (χ0v) is 14.2. The normalized spacial score (nSPS) is 18.3. The Kier molecular flexibility index (Phi) is 5.23. The minimum atomic E-state index is -0.0484. The standard InChI is InChI=1S/C19H24N4O/c1-14-5-4-8-22-17(14)13-23-10-9-21-12-18(23)15-6-3-7-16(11-15)19(24)20-2/h3-8,11,18,21H,9-10,12-13H2,1-2H3,(H,20,24). The van der Waals surface area contributed by atoms with Crippen LogP contribution >= 0.6 is 0 Å². The van der Waals surface area contributed by atoms with E-state index in [9.17, 15) is 4.79 Å². The molecule has 5 nitrogen and oxygen atoms in total. The lowest BCUT2D eigenvalue weighted by molar-refractivity contribution is 0.0962. The highest BCUT2D eigenvalue weighted by Gasteiger charge is 2.25. The molecule has 1 fully saturated rings. The molecule has 2 N–H and O–H groups in total. The topological polar surface area (TPSA) is 57.3 Å². The number of aryl methyl sites for hydroxylation is 1. The first-order valence-corrected chi connectivity index (χ1v) is 8.36. The Morgan fingerprint density at radius 1 is 1.38 bits per heavy atom. The smallest absolute Gasteiger partial charge is 0.251 e. The number of carbonyl (C=O) groups excluding carboxylic acids is 1. The van der Waals surface area contributed by atoms with Crippen LogP contribution in [-0.2, 0) is 6.54 Å². The van der Waals surface area contributed by atoms with Crippen molar-refractivity contribution in [1.82, 2.24) is 20.5 Å².